The normalized spacial score (nSPS) is 22.3. The van der Waals surface area contributed by atoms with Crippen LogP contribution >= 0.6 is 0 Å². The lowest BCUT2D eigenvalue weighted by Gasteiger charge is -2.43. The molecule has 142 valence electrons. The van der Waals surface area contributed by atoms with E-state index in [1.54, 1.807) is 4.90 Å². The SMILES string of the molecule is CN1C[C@H](c2ccccc2)CC12CCN(C(=O)c1c[nH]c(=O)cc1O)CC2. The molecular formula is C21H25N3O3. The Morgan fingerprint density at radius 3 is 2.59 bits per heavy atom. The third kappa shape index (κ3) is 3.25. The first-order valence-corrected chi connectivity index (χ1v) is 9.46. The van der Waals surface area contributed by atoms with Crippen LogP contribution in [-0.4, -0.2) is 58.0 Å². The molecule has 1 spiro atoms. The number of amides is 1. The summed E-state index contributed by atoms with van der Waals surface area (Å²) in [5.41, 5.74) is 1.26. The first-order chi connectivity index (χ1) is 13.0. The van der Waals surface area contributed by atoms with Gasteiger partial charge in [-0.05, 0) is 37.8 Å². The van der Waals surface area contributed by atoms with Crippen molar-refractivity contribution in [3.8, 4) is 5.75 Å². The van der Waals surface area contributed by atoms with Crippen LogP contribution in [0.1, 0.15) is 41.1 Å². The van der Waals surface area contributed by atoms with Gasteiger partial charge in [-0.1, -0.05) is 30.3 Å². The highest BCUT2D eigenvalue weighted by atomic mass is 16.3. The minimum Gasteiger partial charge on any atom is -0.507 e. The Balaban J connectivity index is 1.45. The first kappa shape index (κ1) is 17.8. The molecule has 27 heavy (non-hydrogen) atoms. The quantitative estimate of drug-likeness (QED) is 0.853. The minimum absolute atomic E-state index is 0.129. The second kappa shape index (κ2) is 6.85. The molecule has 4 rings (SSSR count). The molecule has 2 aromatic rings. The van der Waals surface area contributed by atoms with Crippen LogP contribution in [0, 0.1) is 0 Å². The average molecular weight is 367 g/mol. The number of aromatic amines is 1. The van der Waals surface area contributed by atoms with E-state index in [2.05, 4.69) is 41.2 Å². The van der Waals surface area contributed by atoms with Gasteiger partial charge in [-0.15, -0.1) is 0 Å². The third-order valence-corrected chi connectivity index (χ3v) is 6.32. The number of H-pyrrole nitrogens is 1. The summed E-state index contributed by atoms with van der Waals surface area (Å²) in [6.07, 6.45) is 4.25. The largest absolute Gasteiger partial charge is 0.507 e. The van der Waals surface area contributed by atoms with E-state index in [9.17, 15) is 14.7 Å². The van der Waals surface area contributed by atoms with E-state index in [1.807, 2.05) is 6.07 Å². The fraction of sp³-hybridized carbons (Fsp3) is 0.429. The number of nitrogens with zero attached hydrogens (tertiary/aromatic N) is 2. The van der Waals surface area contributed by atoms with Crippen LogP contribution in [0.5, 0.6) is 5.75 Å². The van der Waals surface area contributed by atoms with Gasteiger partial charge in [0.2, 0.25) is 0 Å². The first-order valence-electron chi connectivity index (χ1n) is 9.46. The lowest BCUT2D eigenvalue weighted by Crippen LogP contribution is -2.52. The van der Waals surface area contributed by atoms with Crippen LogP contribution in [0.15, 0.2) is 47.4 Å². The number of aromatic nitrogens is 1. The number of hydrogen-bond donors (Lipinski definition) is 2. The summed E-state index contributed by atoms with van der Waals surface area (Å²) in [5, 5.41) is 9.92. The molecule has 1 atom stereocenters. The van der Waals surface area contributed by atoms with Crippen LogP contribution in [0.25, 0.3) is 0 Å². The predicted molar refractivity (Wildman–Crippen MR) is 103 cm³/mol. The molecule has 2 fully saturated rings. The molecule has 3 heterocycles. The molecule has 0 radical (unpaired) electrons. The van der Waals surface area contributed by atoms with Crippen molar-refractivity contribution in [3.05, 3.63) is 64.1 Å². The number of carbonyl (C=O) groups excluding carboxylic acids is 1. The Morgan fingerprint density at radius 1 is 1.22 bits per heavy atom. The van der Waals surface area contributed by atoms with E-state index >= 15 is 0 Å². The van der Waals surface area contributed by atoms with E-state index in [0.717, 1.165) is 31.9 Å². The molecule has 0 saturated carbocycles. The Kier molecular flexibility index (Phi) is 4.52. The van der Waals surface area contributed by atoms with Crippen molar-refractivity contribution in [2.45, 2.75) is 30.7 Å². The van der Waals surface area contributed by atoms with Crippen LogP contribution in [0.4, 0.5) is 0 Å². The molecule has 6 heteroatoms. The van der Waals surface area contributed by atoms with E-state index in [1.165, 1.54) is 11.8 Å². The molecule has 0 aliphatic carbocycles. The molecule has 1 amide bonds. The number of benzene rings is 1. The molecule has 0 unspecified atom stereocenters. The molecule has 1 aromatic carbocycles. The van der Waals surface area contributed by atoms with Gasteiger partial charge in [0, 0.05) is 37.4 Å². The molecule has 1 aromatic heterocycles. The van der Waals surface area contributed by atoms with Gasteiger partial charge in [-0.25, -0.2) is 0 Å². The average Bonchev–Trinajstić information content (AvgIpc) is 2.99. The molecule has 2 aliphatic heterocycles. The molecule has 2 saturated heterocycles. The molecule has 6 nitrogen and oxygen atoms in total. The zero-order chi connectivity index (χ0) is 19.0. The lowest BCUT2D eigenvalue weighted by molar-refractivity contribution is 0.0489. The van der Waals surface area contributed by atoms with Crippen molar-refractivity contribution < 1.29 is 9.90 Å². The van der Waals surface area contributed by atoms with E-state index in [4.69, 9.17) is 0 Å². The summed E-state index contributed by atoms with van der Waals surface area (Å²) in [6.45, 7) is 2.35. The van der Waals surface area contributed by atoms with Gasteiger partial charge in [0.25, 0.3) is 11.5 Å². The van der Waals surface area contributed by atoms with E-state index in [-0.39, 0.29) is 22.8 Å². The highest BCUT2D eigenvalue weighted by Crippen LogP contribution is 2.44. The standard InChI is InChI=1S/C21H25N3O3/c1-23-14-16(15-5-3-2-4-6-15)12-21(23)7-9-24(10-8-21)20(27)17-13-22-19(26)11-18(17)25/h2-6,11,13,16H,7-10,12,14H2,1H3,(H2,22,25,26)/t16-/m1/s1. The number of nitrogens with one attached hydrogen (secondary N) is 1. The van der Waals surface area contributed by atoms with Gasteiger partial charge >= 0.3 is 0 Å². The maximum atomic E-state index is 12.7. The fourth-order valence-electron chi connectivity index (χ4n) is 4.67. The van der Waals surface area contributed by atoms with Gasteiger partial charge in [0.05, 0.1) is 5.56 Å². The van der Waals surface area contributed by atoms with Gasteiger partial charge in [0.1, 0.15) is 5.75 Å². The maximum Gasteiger partial charge on any atom is 0.259 e. The van der Waals surface area contributed by atoms with Crippen molar-refractivity contribution in [3.63, 3.8) is 0 Å². The van der Waals surface area contributed by atoms with Crippen molar-refractivity contribution in [1.82, 2.24) is 14.8 Å². The molecular weight excluding hydrogens is 342 g/mol. The topological polar surface area (TPSA) is 76.6 Å². The van der Waals surface area contributed by atoms with Gasteiger partial charge < -0.3 is 15.0 Å². The van der Waals surface area contributed by atoms with E-state index in [0.29, 0.717) is 19.0 Å². The van der Waals surface area contributed by atoms with E-state index < -0.39 is 5.56 Å². The van der Waals surface area contributed by atoms with Crippen molar-refractivity contribution in [1.29, 1.82) is 0 Å². The zero-order valence-electron chi connectivity index (χ0n) is 15.5. The third-order valence-electron chi connectivity index (χ3n) is 6.32. The number of rotatable bonds is 2. The number of carbonyl (C=O) groups is 1. The summed E-state index contributed by atoms with van der Waals surface area (Å²) in [5.74, 6) is 0.0479. The van der Waals surface area contributed by atoms with Crippen LogP contribution < -0.4 is 5.56 Å². The fourth-order valence-corrected chi connectivity index (χ4v) is 4.67. The number of likely N-dealkylation sites (N-methyl/N-ethyl adjacent to an activating group) is 1. The predicted octanol–water partition coefficient (Wildman–Crippen LogP) is 2.17. The zero-order valence-corrected chi connectivity index (χ0v) is 15.5. The van der Waals surface area contributed by atoms with Gasteiger partial charge in [0.15, 0.2) is 0 Å². The maximum absolute atomic E-state index is 12.7. The van der Waals surface area contributed by atoms with Gasteiger partial charge in [-0.3, -0.25) is 14.5 Å². The van der Waals surface area contributed by atoms with Crippen molar-refractivity contribution >= 4 is 5.91 Å². The smallest absolute Gasteiger partial charge is 0.259 e. The van der Waals surface area contributed by atoms with Crippen molar-refractivity contribution in [2.75, 3.05) is 26.7 Å². The molecule has 2 aliphatic rings. The van der Waals surface area contributed by atoms with Crippen LogP contribution in [-0.2, 0) is 0 Å². The van der Waals surface area contributed by atoms with Crippen LogP contribution in [0.2, 0.25) is 0 Å². The number of pyridine rings is 1. The molecule has 2 N–H and O–H groups in total. The highest BCUT2D eigenvalue weighted by Gasteiger charge is 2.46. The summed E-state index contributed by atoms with van der Waals surface area (Å²) >= 11 is 0. The Labute approximate surface area is 158 Å². The second-order valence-electron chi connectivity index (χ2n) is 7.80. The Hall–Kier alpha value is -2.60. The van der Waals surface area contributed by atoms with Gasteiger partial charge in [-0.2, -0.15) is 0 Å². The minimum atomic E-state index is -0.416. The van der Waals surface area contributed by atoms with Crippen molar-refractivity contribution in [2.24, 2.45) is 0 Å². The summed E-state index contributed by atoms with van der Waals surface area (Å²) < 4.78 is 0. The monoisotopic (exact) mass is 367 g/mol. The number of aromatic hydroxyl groups is 1. The summed E-state index contributed by atoms with van der Waals surface area (Å²) in [6, 6.07) is 11.7. The number of hydrogen-bond acceptors (Lipinski definition) is 4. The molecule has 0 bridgehead atoms. The Morgan fingerprint density at radius 2 is 1.93 bits per heavy atom. The number of likely N-dealkylation sites (tertiary alicyclic amines) is 2. The number of piperidine rings is 1. The second-order valence-corrected chi connectivity index (χ2v) is 7.80. The summed E-state index contributed by atoms with van der Waals surface area (Å²) in [7, 11) is 2.19. The van der Waals surface area contributed by atoms with Crippen LogP contribution in [0.3, 0.4) is 0 Å². The highest BCUT2D eigenvalue weighted by molar-refractivity contribution is 5.96. The Bertz CT molecular complexity index is 885. The lowest BCUT2D eigenvalue weighted by atomic mass is 9.81. The summed E-state index contributed by atoms with van der Waals surface area (Å²) in [4.78, 5) is 30.7.